The van der Waals surface area contributed by atoms with Crippen LogP contribution in [0.25, 0.3) is 0 Å². The van der Waals surface area contributed by atoms with Crippen molar-refractivity contribution in [2.45, 2.75) is 6.92 Å². The number of amides is 1. The van der Waals surface area contributed by atoms with Gasteiger partial charge in [-0.25, -0.2) is 0 Å². The van der Waals surface area contributed by atoms with E-state index in [2.05, 4.69) is 16.1 Å². The van der Waals surface area contributed by atoms with Gasteiger partial charge in [-0.1, -0.05) is 5.92 Å². The molecule has 0 spiro atoms. The summed E-state index contributed by atoms with van der Waals surface area (Å²) in [6, 6.07) is 0. The number of H-pyrrole nitrogens is 1. The number of anilines is 1. The molecule has 1 aromatic heterocycles. The number of nitrogens with one attached hydrogen (secondary N) is 1. The van der Waals surface area contributed by atoms with Crippen molar-refractivity contribution in [2.24, 2.45) is 0 Å². The van der Waals surface area contributed by atoms with Crippen molar-refractivity contribution in [3.05, 3.63) is 11.9 Å². The van der Waals surface area contributed by atoms with Crippen LogP contribution >= 0.6 is 0 Å². The number of nitrogens with two attached hydrogens (primary N) is 1. The summed E-state index contributed by atoms with van der Waals surface area (Å²) in [6.45, 7) is 2.66. The normalized spacial score (nSPS) is 9.43. The number of aromatic nitrogens is 2. The van der Waals surface area contributed by atoms with E-state index >= 15 is 0 Å². The molecule has 0 fully saturated rings. The van der Waals surface area contributed by atoms with Crippen molar-refractivity contribution in [2.75, 3.05) is 18.8 Å². The minimum Gasteiger partial charge on any atom is -0.396 e. The van der Waals surface area contributed by atoms with Crippen LogP contribution in [0.5, 0.6) is 0 Å². The SMILES string of the molecule is C#CCN(CC)C(=O)c1[nH]ncc1N. The van der Waals surface area contributed by atoms with Crippen molar-refractivity contribution in [1.29, 1.82) is 0 Å². The molecule has 0 aliphatic carbocycles. The molecule has 0 unspecified atom stereocenters. The lowest BCUT2D eigenvalue weighted by Gasteiger charge is -2.16. The Hall–Kier alpha value is -1.96. The molecule has 1 aromatic rings. The summed E-state index contributed by atoms with van der Waals surface area (Å²) in [5.41, 5.74) is 6.17. The number of carbonyl (C=O) groups excluding carboxylic acids is 1. The molecule has 0 aliphatic heterocycles. The molecule has 0 bridgehead atoms. The van der Waals surface area contributed by atoms with Crippen LogP contribution in [0.3, 0.4) is 0 Å². The number of nitrogens with zero attached hydrogens (tertiary/aromatic N) is 2. The summed E-state index contributed by atoms with van der Waals surface area (Å²) in [6.07, 6.45) is 6.53. The molecule has 1 rings (SSSR count). The lowest BCUT2D eigenvalue weighted by Crippen LogP contribution is -2.31. The van der Waals surface area contributed by atoms with Gasteiger partial charge in [0.15, 0.2) is 0 Å². The van der Waals surface area contributed by atoms with E-state index in [1.165, 1.54) is 11.1 Å². The third kappa shape index (κ3) is 1.85. The number of carbonyl (C=O) groups is 1. The van der Waals surface area contributed by atoms with Gasteiger partial charge >= 0.3 is 0 Å². The van der Waals surface area contributed by atoms with Gasteiger partial charge < -0.3 is 10.6 Å². The van der Waals surface area contributed by atoms with Crippen LogP contribution < -0.4 is 5.73 Å². The average molecular weight is 192 g/mol. The summed E-state index contributed by atoms with van der Waals surface area (Å²) in [7, 11) is 0. The average Bonchev–Trinajstić information content (AvgIpc) is 2.59. The van der Waals surface area contributed by atoms with Crippen LogP contribution in [0.2, 0.25) is 0 Å². The van der Waals surface area contributed by atoms with Crippen LogP contribution in [0.4, 0.5) is 5.69 Å². The molecule has 0 atom stereocenters. The summed E-state index contributed by atoms with van der Waals surface area (Å²) in [5, 5.41) is 6.21. The first kappa shape index (κ1) is 10.1. The van der Waals surface area contributed by atoms with Crippen LogP contribution in [0, 0.1) is 12.3 Å². The van der Waals surface area contributed by atoms with Crippen LogP contribution in [0.1, 0.15) is 17.4 Å². The van der Waals surface area contributed by atoms with Crippen molar-refractivity contribution in [3.63, 3.8) is 0 Å². The lowest BCUT2D eigenvalue weighted by atomic mass is 10.3. The van der Waals surface area contributed by atoms with E-state index in [-0.39, 0.29) is 12.5 Å². The molecule has 3 N–H and O–H groups in total. The molecule has 0 saturated heterocycles. The van der Waals surface area contributed by atoms with Crippen molar-refractivity contribution in [1.82, 2.24) is 15.1 Å². The molecule has 14 heavy (non-hydrogen) atoms. The van der Waals surface area contributed by atoms with Crippen LogP contribution in [-0.4, -0.2) is 34.1 Å². The molecule has 74 valence electrons. The zero-order valence-corrected chi connectivity index (χ0v) is 7.95. The number of nitrogen functional groups attached to an aromatic ring is 1. The summed E-state index contributed by atoms with van der Waals surface area (Å²) in [5.74, 6) is 2.19. The second kappa shape index (κ2) is 4.33. The van der Waals surface area contributed by atoms with Gasteiger partial charge in [0.05, 0.1) is 18.4 Å². The van der Waals surface area contributed by atoms with E-state index in [0.29, 0.717) is 17.9 Å². The van der Waals surface area contributed by atoms with Gasteiger partial charge in [-0.15, -0.1) is 6.42 Å². The fourth-order valence-electron chi connectivity index (χ4n) is 1.06. The van der Waals surface area contributed by atoms with E-state index in [1.54, 1.807) is 0 Å². The van der Waals surface area contributed by atoms with E-state index in [1.807, 2.05) is 6.92 Å². The van der Waals surface area contributed by atoms with Gasteiger partial charge in [-0.05, 0) is 6.92 Å². The maximum atomic E-state index is 11.7. The number of aromatic amines is 1. The molecule has 0 aliphatic rings. The molecule has 0 radical (unpaired) electrons. The van der Waals surface area contributed by atoms with E-state index in [0.717, 1.165) is 0 Å². The number of rotatable bonds is 3. The Kier molecular flexibility index (Phi) is 3.13. The van der Waals surface area contributed by atoms with Gasteiger partial charge in [-0.2, -0.15) is 5.10 Å². The fraction of sp³-hybridized carbons (Fsp3) is 0.333. The predicted molar refractivity (Wildman–Crippen MR) is 53.4 cm³/mol. The number of hydrogen-bond donors (Lipinski definition) is 2. The highest BCUT2D eigenvalue weighted by molar-refractivity contribution is 5.97. The van der Waals surface area contributed by atoms with Gasteiger partial charge in [0.2, 0.25) is 0 Å². The Morgan fingerprint density at radius 1 is 1.86 bits per heavy atom. The van der Waals surface area contributed by atoms with Crippen molar-refractivity contribution >= 4 is 11.6 Å². The summed E-state index contributed by atoms with van der Waals surface area (Å²) < 4.78 is 0. The lowest BCUT2D eigenvalue weighted by molar-refractivity contribution is 0.0780. The molecule has 5 heteroatoms. The molecule has 0 aromatic carbocycles. The molecular formula is C9H12N4O. The largest absolute Gasteiger partial charge is 0.396 e. The quantitative estimate of drug-likeness (QED) is 0.666. The first-order valence-corrected chi connectivity index (χ1v) is 4.22. The van der Waals surface area contributed by atoms with Gasteiger partial charge in [0.25, 0.3) is 5.91 Å². The first-order chi connectivity index (χ1) is 6.70. The molecule has 5 nitrogen and oxygen atoms in total. The van der Waals surface area contributed by atoms with Gasteiger partial charge in [0, 0.05) is 6.54 Å². The molecule has 0 saturated carbocycles. The topological polar surface area (TPSA) is 75.0 Å². The Labute approximate surface area is 82.3 Å². The second-order valence-corrected chi connectivity index (χ2v) is 2.72. The molecular weight excluding hydrogens is 180 g/mol. The van der Waals surface area contributed by atoms with Crippen LogP contribution in [-0.2, 0) is 0 Å². The summed E-state index contributed by atoms with van der Waals surface area (Å²) in [4.78, 5) is 13.2. The number of hydrogen-bond acceptors (Lipinski definition) is 3. The zero-order chi connectivity index (χ0) is 10.6. The van der Waals surface area contributed by atoms with Crippen molar-refractivity contribution < 1.29 is 4.79 Å². The standard InChI is InChI=1S/C9H12N4O/c1-3-5-13(4-2)9(14)8-7(10)6-11-12-8/h1,6H,4-5,10H2,2H3,(H,11,12). The fourth-order valence-corrected chi connectivity index (χ4v) is 1.06. The highest BCUT2D eigenvalue weighted by Crippen LogP contribution is 2.09. The minimum atomic E-state index is -0.222. The Morgan fingerprint density at radius 3 is 3.00 bits per heavy atom. The first-order valence-electron chi connectivity index (χ1n) is 4.22. The predicted octanol–water partition coefficient (Wildman–Crippen LogP) is 0.0872. The zero-order valence-electron chi connectivity index (χ0n) is 7.95. The third-order valence-corrected chi connectivity index (χ3v) is 1.83. The van der Waals surface area contributed by atoms with Gasteiger partial charge in [-0.3, -0.25) is 9.89 Å². The second-order valence-electron chi connectivity index (χ2n) is 2.72. The smallest absolute Gasteiger partial charge is 0.274 e. The Balaban J connectivity index is 2.84. The van der Waals surface area contributed by atoms with E-state index in [9.17, 15) is 4.79 Å². The van der Waals surface area contributed by atoms with Gasteiger partial charge in [0.1, 0.15) is 5.69 Å². The van der Waals surface area contributed by atoms with E-state index in [4.69, 9.17) is 12.2 Å². The number of terminal acetylenes is 1. The molecule has 1 heterocycles. The maximum absolute atomic E-state index is 11.7. The monoisotopic (exact) mass is 192 g/mol. The molecule has 1 amide bonds. The summed E-state index contributed by atoms with van der Waals surface area (Å²) >= 11 is 0. The Morgan fingerprint density at radius 2 is 2.57 bits per heavy atom. The maximum Gasteiger partial charge on any atom is 0.274 e. The third-order valence-electron chi connectivity index (χ3n) is 1.83. The van der Waals surface area contributed by atoms with Crippen LogP contribution in [0.15, 0.2) is 6.20 Å². The Bertz CT molecular complexity index is 363. The minimum absolute atomic E-state index is 0.222. The van der Waals surface area contributed by atoms with Crippen molar-refractivity contribution in [3.8, 4) is 12.3 Å². The van der Waals surface area contributed by atoms with E-state index < -0.39 is 0 Å². The highest BCUT2D eigenvalue weighted by atomic mass is 16.2. The highest BCUT2D eigenvalue weighted by Gasteiger charge is 2.17.